The van der Waals surface area contributed by atoms with E-state index in [1.165, 1.54) is 30.6 Å². The van der Waals surface area contributed by atoms with Gasteiger partial charge in [0.2, 0.25) is 0 Å². The van der Waals surface area contributed by atoms with Crippen molar-refractivity contribution in [3.05, 3.63) is 36.8 Å². The zero-order valence-corrected chi connectivity index (χ0v) is 7.79. The van der Waals surface area contributed by atoms with Gasteiger partial charge >= 0.3 is 0 Å². The monoisotopic (exact) mass is 172 g/mol. The summed E-state index contributed by atoms with van der Waals surface area (Å²) in [5.41, 5.74) is 3.11. The van der Waals surface area contributed by atoms with E-state index in [2.05, 4.69) is 36.1 Å². The zero-order valence-electron chi connectivity index (χ0n) is 7.79. The Morgan fingerprint density at radius 3 is 3.08 bits per heavy atom. The van der Waals surface area contributed by atoms with E-state index >= 15 is 0 Å². The van der Waals surface area contributed by atoms with Crippen molar-refractivity contribution in [2.24, 2.45) is 0 Å². The number of nitrogens with zero attached hydrogens (tertiary/aromatic N) is 1. The van der Waals surface area contributed by atoms with Crippen LogP contribution in [-0.2, 0) is 6.42 Å². The molecule has 1 atom stereocenters. The molecule has 1 nitrogen and oxygen atoms in total. The molecule has 0 saturated carbocycles. The molecule has 1 fully saturated rings. The Morgan fingerprint density at radius 2 is 2.15 bits per heavy atom. The second-order valence-electron chi connectivity index (χ2n) is 4.29. The molecule has 1 saturated heterocycles. The Balaban J connectivity index is 2.13. The molecule has 1 aromatic rings. The first kappa shape index (κ1) is 7.43. The molecule has 0 aliphatic carbocycles. The lowest BCUT2D eigenvalue weighted by Crippen LogP contribution is -2.38. The minimum Gasteiger partial charge on any atom is -0.365 e. The lowest BCUT2D eigenvalue weighted by molar-refractivity contribution is 0.550. The molecule has 0 bridgehead atoms. The third-order valence-electron chi connectivity index (χ3n) is 3.40. The summed E-state index contributed by atoms with van der Waals surface area (Å²) in [6, 6.07) is 8.72. The molecule has 3 rings (SSSR count). The fraction of sp³-hybridized carbons (Fsp3) is 0.417. The standard InChI is InChI=1S/C12H14N/c1-12-7-4-8-13(12)11-6-3-2-5-10(11)9-12/h2-3,5-6H,1,4,7-9H2. The van der Waals surface area contributed by atoms with Gasteiger partial charge in [-0.1, -0.05) is 18.2 Å². The molecule has 0 amide bonds. The maximum absolute atomic E-state index is 4.37. The third-order valence-corrected chi connectivity index (χ3v) is 3.40. The number of benzene rings is 1. The van der Waals surface area contributed by atoms with E-state index in [1.807, 2.05) is 0 Å². The second-order valence-corrected chi connectivity index (χ2v) is 4.29. The quantitative estimate of drug-likeness (QED) is 0.581. The molecule has 1 radical (unpaired) electrons. The van der Waals surface area contributed by atoms with Crippen LogP contribution in [0, 0.1) is 6.92 Å². The predicted octanol–water partition coefficient (Wildman–Crippen LogP) is 2.42. The van der Waals surface area contributed by atoms with E-state index in [4.69, 9.17) is 0 Å². The molecule has 1 aromatic carbocycles. The van der Waals surface area contributed by atoms with Crippen LogP contribution in [-0.4, -0.2) is 12.1 Å². The van der Waals surface area contributed by atoms with E-state index in [-0.39, 0.29) is 5.54 Å². The van der Waals surface area contributed by atoms with Gasteiger partial charge in [0, 0.05) is 17.8 Å². The van der Waals surface area contributed by atoms with Crippen molar-refractivity contribution in [1.82, 2.24) is 0 Å². The normalized spacial score (nSPS) is 30.4. The summed E-state index contributed by atoms with van der Waals surface area (Å²) < 4.78 is 0. The smallest absolute Gasteiger partial charge is 0.0444 e. The van der Waals surface area contributed by atoms with Crippen molar-refractivity contribution in [3.8, 4) is 0 Å². The van der Waals surface area contributed by atoms with Crippen LogP contribution in [0.3, 0.4) is 0 Å². The molecular weight excluding hydrogens is 158 g/mol. The van der Waals surface area contributed by atoms with Gasteiger partial charge in [0.05, 0.1) is 0 Å². The molecule has 13 heavy (non-hydrogen) atoms. The Kier molecular flexibility index (Phi) is 1.30. The van der Waals surface area contributed by atoms with Crippen molar-refractivity contribution >= 4 is 5.69 Å². The first-order valence-corrected chi connectivity index (χ1v) is 5.01. The SMILES string of the molecule is [CH2]C12CCCN1c1ccccc1C2. The minimum atomic E-state index is 0.198. The molecule has 67 valence electrons. The largest absolute Gasteiger partial charge is 0.365 e. The van der Waals surface area contributed by atoms with Crippen LogP contribution >= 0.6 is 0 Å². The van der Waals surface area contributed by atoms with Gasteiger partial charge in [-0.2, -0.15) is 0 Å². The number of anilines is 1. The highest BCUT2D eigenvalue weighted by atomic mass is 15.2. The molecule has 0 spiro atoms. The molecule has 1 heteroatoms. The van der Waals surface area contributed by atoms with Crippen LogP contribution in [0.25, 0.3) is 0 Å². The van der Waals surface area contributed by atoms with Gasteiger partial charge in [0.15, 0.2) is 0 Å². The summed E-state index contributed by atoms with van der Waals surface area (Å²) >= 11 is 0. The fourth-order valence-corrected chi connectivity index (χ4v) is 2.78. The Hall–Kier alpha value is -0.980. The van der Waals surface area contributed by atoms with Crippen LogP contribution in [0.5, 0.6) is 0 Å². The maximum Gasteiger partial charge on any atom is 0.0444 e. The van der Waals surface area contributed by atoms with Gasteiger partial charge in [-0.15, -0.1) is 0 Å². The summed E-state index contributed by atoms with van der Waals surface area (Å²) in [6.45, 7) is 5.57. The van der Waals surface area contributed by atoms with E-state index in [9.17, 15) is 0 Å². The van der Waals surface area contributed by atoms with Gasteiger partial charge in [0.25, 0.3) is 0 Å². The van der Waals surface area contributed by atoms with E-state index in [1.54, 1.807) is 0 Å². The van der Waals surface area contributed by atoms with Gasteiger partial charge < -0.3 is 4.90 Å². The average Bonchev–Trinajstić information content (AvgIpc) is 2.58. The molecule has 0 N–H and O–H groups in total. The Bertz CT molecular complexity index is 345. The van der Waals surface area contributed by atoms with Gasteiger partial charge in [-0.25, -0.2) is 0 Å². The molecule has 1 unspecified atom stereocenters. The Labute approximate surface area is 79.4 Å². The summed E-state index contributed by atoms with van der Waals surface area (Å²) in [6.07, 6.45) is 3.70. The van der Waals surface area contributed by atoms with Crippen LogP contribution in [0.1, 0.15) is 18.4 Å². The second kappa shape index (κ2) is 2.28. The number of hydrogen-bond donors (Lipinski definition) is 0. The minimum absolute atomic E-state index is 0.198. The van der Waals surface area contributed by atoms with Gasteiger partial charge in [-0.05, 0) is 37.8 Å². The van der Waals surface area contributed by atoms with Gasteiger partial charge in [0.1, 0.15) is 0 Å². The highest BCUT2D eigenvalue weighted by Crippen LogP contribution is 2.44. The zero-order chi connectivity index (χ0) is 8.89. The topological polar surface area (TPSA) is 3.24 Å². The summed E-state index contributed by atoms with van der Waals surface area (Å²) in [5, 5.41) is 0. The van der Waals surface area contributed by atoms with Crippen molar-refractivity contribution in [2.75, 3.05) is 11.4 Å². The lowest BCUT2D eigenvalue weighted by atomic mass is 9.95. The summed E-state index contributed by atoms with van der Waals surface area (Å²) in [7, 11) is 0. The van der Waals surface area contributed by atoms with Crippen molar-refractivity contribution in [1.29, 1.82) is 0 Å². The highest BCUT2D eigenvalue weighted by Gasteiger charge is 2.42. The fourth-order valence-electron chi connectivity index (χ4n) is 2.78. The van der Waals surface area contributed by atoms with Crippen molar-refractivity contribution < 1.29 is 0 Å². The summed E-state index contributed by atoms with van der Waals surface area (Å²) in [5.74, 6) is 0. The lowest BCUT2D eigenvalue weighted by Gasteiger charge is -2.29. The van der Waals surface area contributed by atoms with E-state index < -0.39 is 0 Å². The summed E-state index contributed by atoms with van der Waals surface area (Å²) in [4.78, 5) is 2.49. The van der Waals surface area contributed by atoms with Crippen LogP contribution < -0.4 is 4.90 Å². The molecule has 2 heterocycles. The van der Waals surface area contributed by atoms with Crippen molar-refractivity contribution in [3.63, 3.8) is 0 Å². The predicted molar refractivity (Wildman–Crippen MR) is 54.8 cm³/mol. The number of rotatable bonds is 0. The maximum atomic E-state index is 4.37. The first-order chi connectivity index (χ1) is 6.30. The first-order valence-electron chi connectivity index (χ1n) is 5.01. The molecular formula is C12H14N. The number of para-hydroxylation sites is 1. The van der Waals surface area contributed by atoms with Crippen LogP contribution in [0.4, 0.5) is 5.69 Å². The average molecular weight is 172 g/mol. The van der Waals surface area contributed by atoms with Crippen LogP contribution in [0.15, 0.2) is 24.3 Å². The number of fused-ring (bicyclic) bond motifs is 3. The number of hydrogen-bond acceptors (Lipinski definition) is 1. The third kappa shape index (κ3) is 0.874. The molecule has 0 aromatic heterocycles. The van der Waals surface area contributed by atoms with Crippen molar-refractivity contribution in [2.45, 2.75) is 24.8 Å². The van der Waals surface area contributed by atoms with E-state index in [0.29, 0.717) is 0 Å². The van der Waals surface area contributed by atoms with Crippen LogP contribution in [0.2, 0.25) is 0 Å². The highest BCUT2D eigenvalue weighted by molar-refractivity contribution is 5.63. The van der Waals surface area contributed by atoms with E-state index in [0.717, 1.165) is 6.42 Å². The Morgan fingerprint density at radius 1 is 1.31 bits per heavy atom. The molecule has 2 aliphatic heterocycles. The molecule has 2 aliphatic rings. The van der Waals surface area contributed by atoms with Gasteiger partial charge in [-0.3, -0.25) is 0 Å².